The normalized spacial score (nSPS) is 19.2. The third-order valence-electron chi connectivity index (χ3n) is 6.18. The molecule has 0 saturated carbocycles. The van der Waals surface area contributed by atoms with E-state index in [0.717, 1.165) is 29.8 Å². The number of piperidine rings is 1. The van der Waals surface area contributed by atoms with Crippen molar-refractivity contribution in [3.63, 3.8) is 0 Å². The van der Waals surface area contributed by atoms with Gasteiger partial charge in [-0.15, -0.1) is 0 Å². The summed E-state index contributed by atoms with van der Waals surface area (Å²) in [7, 11) is 0. The highest BCUT2D eigenvalue weighted by atomic mass is 16.6. The SMILES string of the molecule is O=C(NCc1ccn2ccnc2c1)c1ccc(OC2CCN(C(=O)C3COCCO3)CC2)cc1. The second-order valence-electron chi connectivity index (χ2n) is 8.51. The first-order valence-corrected chi connectivity index (χ1v) is 11.6. The molecule has 178 valence electrons. The second kappa shape index (κ2) is 10.2. The van der Waals surface area contributed by atoms with Crippen LogP contribution in [0, 0.1) is 0 Å². The van der Waals surface area contributed by atoms with Crippen molar-refractivity contribution in [3.8, 4) is 5.75 Å². The largest absolute Gasteiger partial charge is 0.490 e. The van der Waals surface area contributed by atoms with Gasteiger partial charge in [0, 0.05) is 56.6 Å². The Morgan fingerprint density at radius 3 is 2.68 bits per heavy atom. The molecular formula is C25H28N4O5. The summed E-state index contributed by atoms with van der Waals surface area (Å²) in [6.45, 7) is 3.03. The van der Waals surface area contributed by atoms with E-state index in [4.69, 9.17) is 14.2 Å². The molecule has 1 N–H and O–H groups in total. The maximum atomic E-state index is 12.5. The molecule has 2 aliphatic heterocycles. The molecule has 1 aromatic carbocycles. The fourth-order valence-electron chi connectivity index (χ4n) is 4.25. The van der Waals surface area contributed by atoms with Crippen molar-refractivity contribution >= 4 is 17.5 Å². The smallest absolute Gasteiger partial charge is 0.254 e. The molecule has 3 aromatic rings. The molecule has 34 heavy (non-hydrogen) atoms. The molecule has 9 nitrogen and oxygen atoms in total. The van der Waals surface area contributed by atoms with Crippen LogP contribution in [-0.2, 0) is 20.8 Å². The van der Waals surface area contributed by atoms with Crippen molar-refractivity contribution in [3.05, 3.63) is 66.1 Å². The molecule has 0 aliphatic carbocycles. The molecular weight excluding hydrogens is 436 g/mol. The van der Waals surface area contributed by atoms with Crippen LogP contribution in [0.25, 0.3) is 5.65 Å². The summed E-state index contributed by atoms with van der Waals surface area (Å²) in [6.07, 6.45) is 6.60. The van der Waals surface area contributed by atoms with Gasteiger partial charge in [-0.1, -0.05) is 0 Å². The Hall–Kier alpha value is -3.43. The number of hydrogen-bond donors (Lipinski definition) is 1. The molecule has 5 rings (SSSR count). The average molecular weight is 465 g/mol. The maximum Gasteiger partial charge on any atom is 0.254 e. The van der Waals surface area contributed by atoms with E-state index in [1.165, 1.54) is 0 Å². The molecule has 2 amide bonds. The van der Waals surface area contributed by atoms with Crippen LogP contribution < -0.4 is 10.1 Å². The van der Waals surface area contributed by atoms with Gasteiger partial charge in [-0.05, 0) is 42.0 Å². The lowest BCUT2D eigenvalue weighted by molar-refractivity contribution is -0.159. The fraction of sp³-hybridized carbons (Fsp3) is 0.400. The Kier molecular flexibility index (Phi) is 6.73. The van der Waals surface area contributed by atoms with Crippen molar-refractivity contribution in [1.29, 1.82) is 0 Å². The van der Waals surface area contributed by atoms with E-state index in [9.17, 15) is 9.59 Å². The zero-order chi connectivity index (χ0) is 23.3. The van der Waals surface area contributed by atoms with E-state index >= 15 is 0 Å². The number of ether oxygens (including phenoxy) is 3. The minimum absolute atomic E-state index is 0.00165. The minimum atomic E-state index is -0.487. The predicted molar refractivity (Wildman–Crippen MR) is 124 cm³/mol. The first kappa shape index (κ1) is 22.4. The first-order valence-electron chi connectivity index (χ1n) is 11.6. The highest BCUT2D eigenvalue weighted by Gasteiger charge is 2.31. The maximum absolute atomic E-state index is 12.5. The highest BCUT2D eigenvalue weighted by molar-refractivity contribution is 5.94. The van der Waals surface area contributed by atoms with Gasteiger partial charge in [0.05, 0.1) is 19.8 Å². The summed E-state index contributed by atoms with van der Waals surface area (Å²) in [5.74, 6) is 0.573. The van der Waals surface area contributed by atoms with Crippen molar-refractivity contribution in [2.45, 2.75) is 31.6 Å². The van der Waals surface area contributed by atoms with E-state index < -0.39 is 6.10 Å². The van der Waals surface area contributed by atoms with E-state index in [0.29, 0.717) is 45.0 Å². The van der Waals surface area contributed by atoms with E-state index in [2.05, 4.69) is 10.3 Å². The molecule has 2 aliphatic rings. The van der Waals surface area contributed by atoms with Crippen LogP contribution in [-0.4, -0.2) is 71.2 Å². The molecule has 2 saturated heterocycles. The summed E-state index contributed by atoms with van der Waals surface area (Å²) >= 11 is 0. The number of nitrogens with one attached hydrogen (secondary N) is 1. The molecule has 9 heteroatoms. The first-order chi connectivity index (χ1) is 16.7. The van der Waals surface area contributed by atoms with Crippen molar-refractivity contribution < 1.29 is 23.8 Å². The standard InChI is InChI=1S/C25H28N4O5/c30-24(27-16-18-5-9-28-12-8-26-23(28)15-18)19-1-3-20(4-2-19)34-21-6-10-29(11-7-21)25(31)22-17-32-13-14-33-22/h1-5,8-9,12,15,21-22H,6-7,10-11,13-14,16-17H2,(H,27,30). The molecule has 0 bridgehead atoms. The third-order valence-corrected chi connectivity index (χ3v) is 6.18. The predicted octanol–water partition coefficient (Wildman–Crippen LogP) is 2.05. The van der Waals surface area contributed by atoms with Gasteiger partial charge in [-0.25, -0.2) is 4.98 Å². The monoisotopic (exact) mass is 464 g/mol. The molecule has 4 heterocycles. The Morgan fingerprint density at radius 2 is 1.91 bits per heavy atom. The summed E-state index contributed by atoms with van der Waals surface area (Å²) in [6, 6.07) is 11.1. The lowest BCUT2D eigenvalue weighted by Crippen LogP contribution is -2.49. The molecule has 0 spiro atoms. The molecule has 1 unspecified atom stereocenters. The van der Waals surface area contributed by atoms with Crippen molar-refractivity contribution in [2.75, 3.05) is 32.9 Å². The van der Waals surface area contributed by atoms with Gasteiger partial charge >= 0.3 is 0 Å². The molecule has 0 radical (unpaired) electrons. The van der Waals surface area contributed by atoms with Gasteiger partial charge in [-0.3, -0.25) is 9.59 Å². The topological polar surface area (TPSA) is 94.4 Å². The Bertz CT molecular complexity index is 1130. The number of carbonyl (C=O) groups is 2. The lowest BCUT2D eigenvalue weighted by atomic mass is 10.1. The van der Waals surface area contributed by atoms with Crippen LogP contribution in [0.1, 0.15) is 28.8 Å². The van der Waals surface area contributed by atoms with Crippen molar-refractivity contribution in [1.82, 2.24) is 19.6 Å². The van der Waals surface area contributed by atoms with Crippen molar-refractivity contribution in [2.24, 2.45) is 0 Å². The Labute approximate surface area is 197 Å². The number of benzene rings is 1. The van der Waals surface area contributed by atoms with Crippen LogP contribution in [0.5, 0.6) is 5.75 Å². The van der Waals surface area contributed by atoms with Crippen LogP contribution in [0.3, 0.4) is 0 Å². The van der Waals surface area contributed by atoms with Crippen LogP contribution in [0.4, 0.5) is 0 Å². The quantitative estimate of drug-likeness (QED) is 0.600. The van der Waals surface area contributed by atoms with Gasteiger partial charge in [0.15, 0.2) is 6.10 Å². The number of fused-ring (bicyclic) bond motifs is 1. The number of imidazole rings is 1. The zero-order valence-electron chi connectivity index (χ0n) is 18.9. The highest BCUT2D eigenvalue weighted by Crippen LogP contribution is 2.21. The number of pyridine rings is 1. The lowest BCUT2D eigenvalue weighted by Gasteiger charge is -2.35. The van der Waals surface area contributed by atoms with Crippen LogP contribution >= 0.6 is 0 Å². The third kappa shape index (κ3) is 5.21. The van der Waals surface area contributed by atoms with Gasteiger partial charge < -0.3 is 28.8 Å². The molecule has 2 fully saturated rings. The average Bonchev–Trinajstić information content (AvgIpc) is 3.36. The zero-order valence-corrected chi connectivity index (χ0v) is 18.9. The fourth-order valence-corrected chi connectivity index (χ4v) is 4.25. The summed E-state index contributed by atoms with van der Waals surface area (Å²) in [5, 5.41) is 2.94. The van der Waals surface area contributed by atoms with Gasteiger partial charge in [0.2, 0.25) is 0 Å². The Morgan fingerprint density at radius 1 is 1.09 bits per heavy atom. The number of likely N-dealkylation sites (tertiary alicyclic amines) is 1. The van der Waals surface area contributed by atoms with E-state index in [1.807, 2.05) is 46.0 Å². The molecule has 2 aromatic heterocycles. The number of aromatic nitrogens is 2. The summed E-state index contributed by atoms with van der Waals surface area (Å²) in [4.78, 5) is 31.2. The van der Waals surface area contributed by atoms with Gasteiger partial charge in [0.1, 0.15) is 17.5 Å². The van der Waals surface area contributed by atoms with E-state index in [1.54, 1.807) is 18.3 Å². The van der Waals surface area contributed by atoms with Crippen LogP contribution in [0.2, 0.25) is 0 Å². The number of carbonyl (C=O) groups excluding carboxylic acids is 2. The number of rotatable bonds is 6. The van der Waals surface area contributed by atoms with Crippen LogP contribution in [0.15, 0.2) is 55.0 Å². The van der Waals surface area contributed by atoms with Gasteiger partial charge in [-0.2, -0.15) is 0 Å². The summed E-state index contributed by atoms with van der Waals surface area (Å²) in [5.41, 5.74) is 2.41. The number of amides is 2. The Balaban J connectivity index is 1.08. The number of nitrogens with zero attached hydrogens (tertiary/aromatic N) is 3. The minimum Gasteiger partial charge on any atom is -0.490 e. The second-order valence-corrected chi connectivity index (χ2v) is 8.51. The summed E-state index contributed by atoms with van der Waals surface area (Å²) < 4.78 is 18.9. The van der Waals surface area contributed by atoms with Gasteiger partial charge in [0.25, 0.3) is 11.8 Å². The van der Waals surface area contributed by atoms with E-state index in [-0.39, 0.29) is 17.9 Å². The number of hydrogen-bond acceptors (Lipinski definition) is 6. The molecule has 1 atom stereocenters.